The summed E-state index contributed by atoms with van der Waals surface area (Å²) >= 11 is 0. The molecular weight excluding hydrogens is 816 g/mol. The van der Waals surface area contributed by atoms with E-state index in [0.717, 1.165) is 32.0 Å². The van der Waals surface area contributed by atoms with Gasteiger partial charge < -0.3 is 44.0 Å². The van der Waals surface area contributed by atoms with E-state index in [9.17, 15) is 20.0 Å². The molecule has 6 atom stereocenters. The van der Waals surface area contributed by atoms with E-state index in [2.05, 4.69) is 29.0 Å². The lowest BCUT2D eigenvalue weighted by Crippen LogP contribution is -2.45. The lowest BCUT2D eigenvalue weighted by Gasteiger charge is -2.29. The summed E-state index contributed by atoms with van der Waals surface area (Å²) in [5.41, 5.74) is 5.20. The van der Waals surface area contributed by atoms with Crippen molar-refractivity contribution in [1.29, 1.82) is 15.9 Å². The Kier molecular flexibility index (Phi) is 20.7. The first-order valence-electron chi connectivity index (χ1n) is 22.3. The lowest BCUT2D eigenvalue weighted by molar-refractivity contribution is -0.204. The van der Waals surface area contributed by atoms with Crippen molar-refractivity contribution in [2.45, 2.75) is 172 Å². The molecule has 0 amide bonds. The van der Waals surface area contributed by atoms with Crippen LogP contribution in [0.3, 0.4) is 0 Å². The van der Waals surface area contributed by atoms with Crippen LogP contribution in [0.1, 0.15) is 159 Å². The van der Waals surface area contributed by atoms with Gasteiger partial charge in [0, 0.05) is 17.8 Å². The van der Waals surface area contributed by atoms with Gasteiger partial charge in [-0.2, -0.15) is 10.5 Å². The molecule has 17 heteroatoms. The standard InChI is InChI=1S/C45H69N6O10P/c1-6-7-8-9-10-11-12-13-14-15-16-17-18-19-20-21-22-23-33(58-34-26-38(54-4)35(28-46)39(27-34)55-5)29-56-62(52,53)57-31-45(30-47)42-41(59-44(2,3)61-42)40(60-45)36-24-25-37(51-36)43(49)50-32-48/h24-27,32-33,40-42,51H,6-23,29,31H2,1-5H3,(H,52,53)(H3,48,49,50)/t33-,40+,41+,42+,45-/m1/s1. The number of nitrogens with two attached hydrogens (primary N) is 1. The number of unbranched alkanes of at least 4 members (excludes halogenated alkanes) is 16. The fraction of sp³-hybridized carbons (Fsp3) is 0.689. The van der Waals surface area contributed by atoms with Crippen LogP contribution in [0.2, 0.25) is 0 Å². The maximum absolute atomic E-state index is 13.5. The van der Waals surface area contributed by atoms with Crippen molar-refractivity contribution < 1.29 is 46.9 Å². The molecule has 1 aromatic heterocycles. The first-order valence-corrected chi connectivity index (χ1v) is 23.7. The maximum atomic E-state index is 13.5. The van der Waals surface area contributed by atoms with E-state index in [1.54, 1.807) is 38.1 Å². The number of nitriles is 2. The molecule has 3 heterocycles. The van der Waals surface area contributed by atoms with Gasteiger partial charge in [-0.25, -0.2) is 9.56 Å². The molecule has 2 saturated heterocycles. The number of phosphoric ester groups is 1. The molecule has 0 aliphatic carbocycles. The number of rotatable bonds is 31. The summed E-state index contributed by atoms with van der Waals surface area (Å²) < 4.78 is 60.2. The summed E-state index contributed by atoms with van der Waals surface area (Å²) in [4.78, 5) is 17.9. The van der Waals surface area contributed by atoms with E-state index in [1.165, 1.54) is 97.7 Å². The van der Waals surface area contributed by atoms with Crippen molar-refractivity contribution >= 4 is 20.0 Å². The molecule has 0 bridgehead atoms. The summed E-state index contributed by atoms with van der Waals surface area (Å²) in [5, 5.41) is 27.4. The highest BCUT2D eigenvalue weighted by Gasteiger charge is 2.64. The van der Waals surface area contributed by atoms with Crippen molar-refractivity contribution in [3.05, 3.63) is 41.2 Å². The predicted octanol–water partition coefficient (Wildman–Crippen LogP) is 9.69. The summed E-state index contributed by atoms with van der Waals surface area (Å²) in [5.74, 6) is -0.201. The summed E-state index contributed by atoms with van der Waals surface area (Å²) in [6, 6.07) is 10.6. The van der Waals surface area contributed by atoms with Gasteiger partial charge in [-0.1, -0.05) is 110 Å². The number of H-pyrrole nitrogens is 1. The van der Waals surface area contributed by atoms with E-state index in [0.29, 0.717) is 23.6 Å². The van der Waals surface area contributed by atoms with Crippen LogP contribution in [-0.4, -0.2) is 79.2 Å². The van der Waals surface area contributed by atoms with Crippen LogP contribution in [-0.2, 0) is 27.8 Å². The van der Waals surface area contributed by atoms with Gasteiger partial charge in [-0.05, 0) is 38.8 Å². The normalized spacial score (nSPS) is 22.0. The van der Waals surface area contributed by atoms with E-state index in [4.69, 9.17) is 48.6 Å². The van der Waals surface area contributed by atoms with Gasteiger partial charge >= 0.3 is 7.82 Å². The Morgan fingerprint density at radius 3 is 2.00 bits per heavy atom. The second kappa shape index (κ2) is 25.3. The van der Waals surface area contributed by atoms with Crippen molar-refractivity contribution in [1.82, 2.24) is 4.98 Å². The summed E-state index contributed by atoms with van der Waals surface area (Å²) in [7, 11) is -1.94. The fourth-order valence-electron chi connectivity index (χ4n) is 8.00. The zero-order valence-electron chi connectivity index (χ0n) is 37.3. The molecule has 1 unspecified atom stereocenters. The number of hydrogen-bond donors (Lipinski definition) is 4. The molecule has 0 spiro atoms. The SMILES string of the molecule is CCCCCCCCCCCCCCCCCCC[C@H](COP(=O)(O)OC[C@@]1(C#N)O[C@@H](c2ccc(C(N)=NC=N)[nH]2)[C@@H]2OC(C)(C)O[C@@H]21)Oc1cc(OC)c(C#N)c(OC)c1. The van der Waals surface area contributed by atoms with E-state index in [1.807, 2.05) is 0 Å². The summed E-state index contributed by atoms with van der Waals surface area (Å²) in [6.07, 6.45) is 19.0. The third-order valence-electron chi connectivity index (χ3n) is 11.3. The Morgan fingerprint density at radius 1 is 0.919 bits per heavy atom. The van der Waals surface area contributed by atoms with E-state index in [-0.39, 0.29) is 29.5 Å². The van der Waals surface area contributed by atoms with Gasteiger partial charge in [0.2, 0.25) is 5.60 Å². The van der Waals surface area contributed by atoms with Crippen molar-refractivity contribution in [3.8, 4) is 29.4 Å². The van der Waals surface area contributed by atoms with E-state index < -0.39 is 50.2 Å². The zero-order valence-corrected chi connectivity index (χ0v) is 38.2. The molecule has 2 fully saturated rings. The van der Waals surface area contributed by atoms with Crippen LogP contribution >= 0.6 is 7.82 Å². The van der Waals surface area contributed by atoms with Gasteiger partial charge in [-0.15, -0.1) is 0 Å². The Bertz CT molecular complexity index is 1830. The van der Waals surface area contributed by atoms with Crippen LogP contribution in [0.15, 0.2) is 29.3 Å². The maximum Gasteiger partial charge on any atom is 0.472 e. The lowest BCUT2D eigenvalue weighted by atomic mass is 9.96. The Morgan fingerprint density at radius 2 is 1.48 bits per heavy atom. The quantitative estimate of drug-likeness (QED) is 0.0239. The number of nitrogens with zero attached hydrogens (tertiary/aromatic N) is 3. The molecule has 1 aromatic carbocycles. The molecule has 0 saturated carbocycles. The van der Waals surface area contributed by atoms with Gasteiger partial charge in [0.05, 0.1) is 26.5 Å². The molecule has 5 N–H and O–H groups in total. The molecule has 0 radical (unpaired) electrons. The molecule has 2 aromatic rings. The topological polar surface area (TPSA) is 237 Å². The number of phosphoric acid groups is 1. The Labute approximate surface area is 367 Å². The number of ether oxygens (including phenoxy) is 6. The minimum atomic E-state index is -4.82. The predicted molar refractivity (Wildman–Crippen MR) is 235 cm³/mol. The monoisotopic (exact) mass is 884 g/mol. The van der Waals surface area contributed by atoms with Crippen LogP contribution in [0.25, 0.3) is 0 Å². The van der Waals surface area contributed by atoms with Crippen LogP contribution in [0.5, 0.6) is 17.2 Å². The number of aromatic amines is 1. The molecular formula is C45H69N6O10P. The van der Waals surface area contributed by atoms with Crippen LogP contribution in [0, 0.1) is 28.1 Å². The van der Waals surface area contributed by atoms with Gasteiger partial charge in [0.1, 0.15) is 78.1 Å². The van der Waals surface area contributed by atoms with Gasteiger partial charge in [0.15, 0.2) is 5.79 Å². The molecule has 2 aliphatic rings. The number of hydrogen-bond acceptors (Lipinski definition) is 12. The number of amidine groups is 1. The van der Waals surface area contributed by atoms with Crippen molar-refractivity contribution in [3.63, 3.8) is 0 Å². The van der Waals surface area contributed by atoms with Crippen molar-refractivity contribution in [2.75, 3.05) is 27.4 Å². The average molecular weight is 885 g/mol. The number of benzene rings is 1. The zero-order chi connectivity index (χ0) is 45.0. The first kappa shape index (κ1) is 50.7. The largest absolute Gasteiger partial charge is 0.495 e. The van der Waals surface area contributed by atoms with Crippen LogP contribution in [0.4, 0.5) is 0 Å². The molecule has 344 valence electrons. The third-order valence-corrected chi connectivity index (χ3v) is 12.2. The first-order chi connectivity index (χ1) is 29.8. The second-order valence-electron chi connectivity index (χ2n) is 16.6. The fourth-order valence-corrected chi connectivity index (χ4v) is 8.79. The highest BCUT2D eigenvalue weighted by Crippen LogP contribution is 2.52. The minimum absolute atomic E-state index is 0.0720. The molecule has 2 aliphatic heterocycles. The summed E-state index contributed by atoms with van der Waals surface area (Å²) in [6.45, 7) is 4.63. The number of fused-ring (bicyclic) bond motifs is 1. The Balaban J connectivity index is 1.32. The minimum Gasteiger partial charge on any atom is -0.495 e. The molecule has 16 nitrogen and oxygen atoms in total. The second-order valence-corrected chi connectivity index (χ2v) is 18.0. The third kappa shape index (κ3) is 15.1. The van der Waals surface area contributed by atoms with Crippen molar-refractivity contribution in [2.24, 2.45) is 10.7 Å². The molecule has 4 rings (SSSR count). The average Bonchev–Trinajstić information content (AvgIpc) is 3.95. The number of nitrogens with one attached hydrogen (secondary N) is 2. The van der Waals surface area contributed by atoms with E-state index >= 15 is 0 Å². The highest BCUT2D eigenvalue weighted by atomic mass is 31.2. The number of aliphatic imine (C=N–C) groups is 1. The smallest absolute Gasteiger partial charge is 0.472 e. The molecule has 62 heavy (non-hydrogen) atoms. The van der Waals surface area contributed by atoms with Gasteiger partial charge in [0.25, 0.3) is 0 Å². The van der Waals surface area contributed by atoms with Gasteiger partial charge in [-0.3, -0.25) is 14.5 Å². The number of aromatic nitrogens is 1. The van der Waals surface area contributed by atoms with Crippen LogP contribution < -0.4 is 19.9 Å². The number of methoxy groups -OCH3 is 2. The highest BCUT2D eigenvalue weighted by molar-refractivity contribution is 7.47. The Hall–Kier alpha value is -3.99.